The molecule has 0 unspecified atom stereocenters. The minimum Gasteiger partial charge on any atom is -0.497 e. The molecule has 1 amide bonds. The van der Waals surface area contributed by atoms with E-state index in [4.69, 9.17) is 14.2 Å². The molecular weight excluding hydrogens is 334 g/mol. The quantitative estimate of drug-likeness (QED) is 0.755. The smallest absolute Gasteiger partial charge is 0.246 e. The van der Waals surface area contributed by atoms with Crippen LogP contribution in [0, 0.1) is 0 Å². The largest absolute Gasteiger partial charge is 0.497 e. The number of benzene rings is 1. The summed E-state index contributed by atoms with van der Waals surface area (Å²) in [6, 6.07) is 7.68. The number of nitrogens with one attached hydrogen (secondary N) is 2. The van der Waals surface area contributed by atoms with E-state index < -0.39 is 0 Å². The second-order valence-corrected chi connectivity index (χ2v) is 6.28. The third-order valence-electron chi connectivity index (χ3n) is 4.38. The zero-order chi connectivity index (χ0) is 18.2. The van der Waals surface area contributed by atoms with Crippen molar-refractivity contribution in [3.63, 3.8) is 0 Å². The SMILES string of the molecule is COc1ccc(-c2[nH]ncc2CNC(=O)COC[C@@H]2CCCCO2)cc1. The maximum atomic E-state index is 12.0. The molecule has 140 valence electrons. The zero-order valence-corrected chi connectivity index (χ0v) is 15.0. The van der Waals surface area contributed by atoms with E-state index in [1.165, 1.54) is 0 Å². The van der Waals surface area contributed by atoms with E-state index in [1.807, 2.05) is 24.3 Å². The van der Waals surface area contributed by atoms with Gasteiger partial charge in [-0.25, -0.2) is 0 Å². The number of carbonyl (C=O) groups excluding carboxylic acids is 1. The number of methoxy groups -OCH3 is 1. The molecule has 1 saturated heterocycles. The van der Waals surface area contributed by atoms with Crippen LogP contribution in [0.3, 0.4) is 0 Å². The molecule has 7 heteroatoms. The van der Waals surface area contributed by atoms with E-state index in [-0.39, 0.29) is 18.6 Å². The van der Waals surface area contributed by atoms with Crippen LogP contribution in [0.1, 0.15) is 24.8 Å². The summed E-state index contributed by atoms with van der Waals surface area (Å²) < 4.78 is 16.2. The highest BCUT2D eigenvalue weighted by atomic mass is 16.5. The highest BCUT2D eigenvalue weighted by molar-refractivity contribution is 5.77. The van der Waals surface area contributed by atoms with Gasteiger partial charge in [0.25, 0.3) is 0 Å². The van der Waals surface area contributed by atoms with E-state index in [2.05, 4.69) is 15.5 Å². The number of nitrogens with zero attached hydrogens (tertiary/aromatic N) is 1. The Balaban J connectivity index is 1.45. The van der Waals surface area contributed by atoms with E-state index >= 15 is 0 Å². The molecule has 26 heavy (non-hydrogen) atoms. The van der Waals surface area contributed by atoms with Crippen LogP contribution >= 0.6 is 0 Å². The van der Waals surface area contributed by atoms with Gasteiger partial charge in [0.05, 0.1) is 31.7 Å². The van der Waals surface area contributed by atoms with Gasteiger partial charge in [-0.15, -0.1) is 0 Å². The van der Waals surface area contributed by atoms with Crippen LogP contribution in [0.25, 0.3) is 11.3 Å². The topological polar surface area (TPSA) is 85.5 Å². The molecule has 1 aliphatic heterocycles. The molecule has 2 heterocycles. The van der Waals surface area contributed by atoms with Gasteiger partial charge in [-0.05, 0) is 43.5 Å². The number of hydrogen-bond acceptors (Lipinski definition) is 5. The molecule has 1 aromatic heterocycles. The normalized spacial score (nSPS) is 17.0. The van der Waals surface area contributed by atoms with Crippen LogP contribution in [0.4, 0.5) is 0 Å². The van der Waals surface area contributed by atoms with Crippen LogP contribution in [-0.2, 0) is 20.8 Å². The first-order chi connectivity index (χ1) is 12.8. The van der Waals surface area contributed by atoms with Crippen LogP contribution < -0.4 is 10.1 Å². The number of H-pyrrole nitrogens is 1. The predicted octanol–water partition coefficient (Wildman–Crippen LogP) is 2.29. The molecule has 0 spiro atoms. The lowest BCUT2D eigenvalue weighted by Crippen LogP contribution is -2.30. The molecule has 2 aromatic rings. The van der Waals surface area contributed by atoms with Crippen molar-refractivity contribution >= 4 is 5.91 Å². The second-order valence-electron chi connectivity index (χ2n) is 6.28. The molecule has 7 nitrogen and oxygen atoms in total. The van der Waals surface area contributed by atoms with Gasteiger partial charge in [0.15, 0.2) is 0 Å². The zero-order valence-electron chi connectivity index (χ0n) is 15.0. The number of carbonyl (C=O) groups is 1. The molecular formula is C19H25N3O4. The van der Waals surface area contributed by atoms with E-state index in [9.17, 15) is 4.79 Å². The van der Waals surface area contributed by atoms with Crippen molar-refractivity contribution in [3.8, 4) is 17.0 Å². The van der Waals surface area contributed by atoms with Crippen LogP contribution in [-0.4, -0.2) is 49.1 Å². The third kappa shape index (κ3) is 5.06. The lowest BCUT2D eigenvalue weighted by atomic mass is 10.1. The van der Waals surface area contributed by atoms with E-state index in [1.54, 1.807) is 13.3 Å². The van der Waals surface area contributed by atoms with Crippen LogP contribution in [0.2, 0.25) is 0 Å². The molecule has 1 aromatic carbocycles. The molecule has 0 radical (unpaired) electrons. The summed E-state index contributed by atoms with van der Waals surface area (Å²) in [4.78, 5) is 12.0. The molecule has 0 aliphatic carbocycles. The number of aromatic nitrogens is 2. The first-order valence-electron chi connectivity index (χ1n) is 8.89. The van der Waals surface area contributed by atoms with Crippen molar-refractivity contribution < 1.29 is 19.0 Å². The molecule has 0 bridgehead atoms. The number of amides is 1. The van der Waals surface area contributed by atoms with Gasteiger partial charge < -0.3 is 19.5 Å². The van der Waals surface area contributed by atoms with Crippen molar-refractivity contribution in [3.05, 3.63) is 36.0 Å². The van der Waals surface area contributed by atoms with Crippen molar-refractivity contribution in [1.82, 2.24) is 15.5 Å². The average molecular weight is 359 g/mol. The van der Waals surface area contributed by atoms with E-state index in [0.29, 0.717) is 13.2 Å². The maximum absolute atomic E-state index is 12.0. The van der Waals surface area contributed by atoms with Gasteiger partial charge in [0, 0.05) is 24.3 Å². The Morgan fingerprint density at radius 1 is 1.35 bits per heavy atom. The maximum Gasteiger partial charge on any atom is 0.246 e. The molecule has 2 N–H and O–H groups in total. The summed E-state index contributed by atoms with van der Waals surface area (Å²) in [7, 11) is 1.63. The van der Waals surface area contributed by atoms with Gasteiger partial charge in [0.2, 0.25) is 5.91 Å². The first kappa shape index (κ1) is 18.4. The Kier molecular flexibility index (Phi) is 6.62. The highest BCUT2D eigenvalue weighted by Crippen LogP contribution is 2.23. The summed E-state index contributed by atoms with van der Waals surface area (Å²) in [5.74, 6) is 0.643. The van der Waals surface area contributed by atoms with Crippen LogP contribution in [0.5, 0.6) is 5.75 Å². The van der Waals surface area contributed by atoms with Gasteiger partial charge in [-0.2, -0.15) is 5.10 Å². The summed E-state index contributed by atoms with van der Waals surface area (Å²) in [5, 5.41) is 9.93. The van der Waals surface area contributed by atoms with Crippen molar-refractivity contribution in [2.75, 3.05) is 26.9 Å². The third-order valence-corrected chi connectivity index (χ3v) is 4.38. The monoisotopic (exact) mass is 359 g/mol. The van der Waals surface area contributed by atoms with Gasteiger partial charge in [-0.3, -0.25) is 9.89 Å². The molecule has 1 fully saturated rings. The van der Waals surface area contributed by atoms with Crippen molar-refractivity contribution in [1.29, 1.82) is 0 Å². The fourth-order valence-corrected chi connectivity index (χ4v) is 2.92. The lowest BCUT2D eigenvalue weighted by molar-refractivity contribution is -0.128. The lowest BCUT2D eigenvalue weighted by Gasteiger charge is -2.22. The average Bonchev–Trinajstić information content (AvgIpc) is 3.16. The minimum absolute atomic E-state index is 0.0373. The van der Waals surface area contributed by atoms with Gasteiger partial charge >= 0.3 is 0 Å². The van der Waals surface area contributed by atoms with Gasteiger partial charge in [-0.1, -0.05) is 0 Å². The Bertz CT molecular complexity index is 693. The summed E-state index contributed by atoms with van der Waals surface area (Å²) in [6.07, 6.45) is 5.11. The molecule has 3 rings (SSSR count). The summed E-state index contributed by atoms with van der Waals surface area (Å²) in [5.41, 5.74) is 2.78. The standard InChI is InChI=1S/C19H25N3O4/c1-24-16-7-5-14(6-8-16)19-15(11-21-22-19)10-20-18(23)13-25-12-17-4-2-3-9-26-17/h5-8,11,17H,2-4,9-10,12-13H2,1H3,(H,20,23)(H,21,22)/t17-/m0/s1. The van der Waals surface area contributed by atoms with Crippen LogP contribution in [0.15, 0.2) is 30.5 Å². The van der Waals surface area contributed by atoms with Gasteiger partial charge in [0.1, 0.15) is 12.4 Å². The Morgan fingerprint density at radius 3 is 2.92 bits per heavy atom. The number of ether oxygens (including phenoxy) is 3. The second kappa shape index (κ2) is 9.35. The molecule has 1 atom stereocenters. The Labute approximate surface area is 153 Å². The number of rotatable bonds is 8. The summed E-state index contributed by atoms with van der Waals surface area (Å²) in [6.45, 7) is 1.68. The van der Waals surface area contributed by atoms with Crippen molar-refractivity contribution in [2.45, 2.75) is 31.9 Å². The fourth-order valence-electron chi connectivity index (χ4n) is 2.92. The van der Waals surface area contributed by atoms with Crippen molar-refractivity contribution in [2.24, 2.45) is 0 Å². The summed E-state index contributed by atoms with van der Waals surface area (Å²) >= 11 is 0. The number of hydrogen-bond donors (Lipinski definition) is 2. The highest BCUT2D eigenvalue weighted by Gasteiger charge is 2.15. The minimum atomic E-state index is -0.150. The number of aromatic amines is 1. The first-order valence-corrected chi connectivity index (χ1v) is 8.89. The Hall–Kier alpha value is -2.38. The fraction of sp³-hybridized carbons (Fsp3) is 0.474. The predicted molar refractivity (Wildman–Crippen MR) is 96.8 cm³/mol. The van der Waals surface area contributed by atoms with E-state index in [0.717, 1.165) is 48.4 Å². The Morgan fingerprint density at radius 2 is 2.19 bits per heavy atom. The molecule has 1 aliphatic rings. The molecule has 0 saturated carbocycles.